The van der Waals surface area contributed by atoms with Crippen LogP contribution in [0.3, 0.4) is 0 Å². The third-order valence-corrected chi connectivity index (χ3v) is 5.14. The molecule has 0 amide bonds. The molecule has 7 heteroatoms. The van der Waals surface area contributed by atoms with Crippen LogP contribution in [0.4, 0.5) is 11.6 Å². The minimum Gasteiger partial charge on any atom is -0.494 e. The van der Waals surface area contributed by atoms with Gasteiger partial charge in [0.05, 0.1) is 18.3 Å². The summed E-state index contributed by atoms with van der Waals surface area (Å²) in [5.74, 6) is 2.58. The smallest absolute Gasteiger partial charge is 0.184 e. The van der Waals surface area contributed by atoms with Gasteiger partial charge in [-0.3, -0.25) is 4.90 Å². The van der Waals surface area contributed by atoms with Gasteiger partial charge >= 0.3 is 0 Å². The zero-order valence-corrected chi connectivity index (χ0v) is 16.4. The Bertz CT molecular complexity index is 655. The fourth-order valence-corrected chi connectivity index (χ4v) is 3.76. The Morgan fingerprint density at radius 3 is 2.73 bits per heavy atom. The molecular weight excluding hydrogens is 346 g/mol. The minimum absolute atomic E-state index is 0.687. The molecule has 0 spiro atoms. The van der Waals surface area contributed by atoms with E-state index in [4.69, 9.17) is 4.74 Å². The van der Waals surface area contributed by atoms with Crippen molar-refractivity contribution in [3.8, 4) is 5.75 Å². The molecule has 0 saturated carbocycles. The predicted molar refractivity (Wildman–Crippen MR) is 108 cm³/mol. The molecule has 1 aliphatic heterocycles. The monoisotopic (exact) mass is 375 g/mol. The number of likely N-dealkylation sites (tertiary alicyclic amines) is 1. The van der Waals surface area contributed by atoms with Crippen LogP contribution in [0.1, 0.15) is 37.7 Å². The number of nitrogens with one attached hydrogen (secondary N) is 2. The van der Waals surface area contributed by atoms with Crippen molar-refractivity contribution >= 4 is 23.4 Å². The Labute approximate surface area is 160 Å². The van der Waals surface area contributed by atoms with Gasteiger partial charge in [-0.05, 0) is 50.0 Å². The van der Waals surface area contributed by atoms with Crippen molar-refractivity contribution in [1.82, 2.24) is 13.6 Å². The molecule has 0 aliphatic carbocycles. The molecule has 1 aliphatic rings. The summed E-state index contributed by atoms with van der Waals surface area (Å²) in [6.45, 7) is 4.97. The van der Waals surface area contributed by atoms with Gasteiger partial charge in [0.15, 0.2) is 11.6 Å². The average molecular weight is 376 g/mol. The molecule has 1 aromatic carbocycles. The maximum atomic E-state index is 5.93. The van der Waals surface area contributed by atoms with Crippen LogP contribution >= 0.6 is 11.7 Å². The normalized spacial score (nSPS) is 15.4. The van der Waals surface area contributed by atoms with Gasteiger partial charge in [0.1, 0.15) is 5.75 Å². The SMILES string of the molecule is CNc1nsnc1NCCCOc1cccc(CN2CCCCCC2)c1. The number of hydrogen-bond donors (Lipinski definition) is 2. The Kier molecular flexibility index (Phi) is 7.51. The van der Waals surface area contributed by atoms with Crippen molar-refractivity contribution in [1.29, 1.82) is 0 Å². The highest BCUT2D eigenvalue weighted by atomic mass is 32.1. The molecule has 0 unspecified atom stereocenters. The Hall–Kier alpha value is -1.86. The summed E-state index contributed by atoms with van der Waals surface area (Å²) in [4.78, 5) is 2.57. The van der Waals surface area contributed by atoms with E-state index < -0.39 is 0 Å². The number of benzene rings is 1. The first-order chi connectivity index (χ1) is 12.8. The molecule has 2 aromatic rings. The second kappa shape index (κ2) is 10.3. The van der Waals surface area contributed by atoms with Crippen LogP contribution in [0.25, 0.3) is 0 Å². The van der Waals surface area contributed by atoms with Crippen molar-refractivity contribution in [2.24, 2.45) is 0 Å². The molecule has 26 heavy (non-hydrogen) atoms. The van der Waals surface area contributed by atoms with E-state index >= 15 is 0 Å². The van der Waals surface area contributed by atoms with E-state index in [-0.39, 0.29) is 0 Å². The second-order valence-corrected chi connectivity index (χ2v) is 7.21. The Morgan fingerprint density at radius 1 is 1.12 bits per heavy atom. The third-order valence-electron chi connectivity index (χ3n) is 4.61. The van der Waals surface area contributed by atoms with Crippen LogP contribution in [0, 0.1) is 0 Å². The second-order valence-electron chi connectivity index (χ2n) is 6.68. The van der Waals surface area contributed by atoms with Crippen molar-refractivity contribution in [3.63, 3.8) is 0 Å². The first kappa shape index (κ1) is 18.9. The molecule has 3 rings (SSSR count). The molecule has 0 radical (unpaired) electrons. The Morgan fingerprint density at radius 2 is 1.92 bits per heavy atom. The fraction of sp³-hybridized carbons (Fsp3) is 0.579. The number of aromatic nitrogens is 2. The van der Waals surface area contributed by atoms with Crippen LogP contribution in [0.5, 0.6) is 5.75 Å². The van der Waals surface area contributed by atoms with E-state index in [0.29, 0.717) is 6.61 Å². The van der Waals surface area contributed by atoms with Gasteiger partial charge in [-0.2, -0.15) is 8.75 Å². The first-order valence-electron chi connectivity index (χ1n) is 9.53. The van der Waals surface area contributed by atoms with Crippen molar-refractivity contribution in [3.05, 3.63) is 29.8 Å². The number of ether oxygens (including phenoxy) is 1. The van der Waals surface area contributed by atoms with E-state index in [9.17, 15) is 0 Å². The molecule has 1 fully saturated rings. The first-order valence-corrected chi connectivity index (χ1v) is 10.3. The molecule has 2 heterocycles. The minimum atomic E-state index is 0.687. The third kappa shape index (κ3) is 5.85. The Balaban J connectivity index is 1.39. The van der Waals surface area contributed by atoms with E-state index in [1.54, 1.807) is 0 Å². The van der Waals surface area contributed by atoms with Crippen LogP contribution in [0.2, 0.25) is 0 Å². The van der Waals surface area contributed by atoms with Gasteiger partial charge in [0.2, 0.25) is 0 Å². The number of nitrogens with zero attached hydrogens (tertiary/aromatic N) is 3. The van der Waals surface area contributed by atoms with Gasteiger partial charge in [0.25, 0.3) is 0 Å². The van der Waals surface area contributed by atoms with E-state index in [2.05, 4.69) is 42.5 Å². The van der Waals surface area contributed by atoms with Crippen LogP contribution < -0.4 is 15.4 Å². The van der Waals surface area contributed by atoms with Gasteiger partial charge in [-0.15, -0.1) is 0 Å². The summed E-state index contributed by atoms with van der Waals surface area (Å²) in [5.41, 5.74) is 1.34. The van der Waals surface area contributed by atoms with Crippen molar-refractivity contribution in [2.75, 3.05) is 43.9 Å². The van der Waals surface area contributed by atoms with Gasteiger partial charge in [-0.1, -0.05) is 25.0 Å². The highest BCUT2D eigenvalue weighted by Gasteiger charge is 2.10. The molecule has 6 nitrogen and oxygen atoms in total. The quantitative estimate of drug-likeness (QED) is 0.650. The van der Waals surface area contributed by atoms with E-state index in [0.717, 1.165) is 36.9 Å². The topological polar surface area (TPSA) is 62.3 Å². The van der Waals surface area contributed by atoms with Crippen LogP contribution in [0.15, 0.2) is 24.3 Å². The molecule has 1 saturated heterocycles. The molecule has 142 valence electrons. The van der Waals surface area contributed by atoms with E-state index in [1.807, 2.05) is 13.1 Å². The zero-order chi connectivity index (χ0) is 18.0. The standard InChI is InChI=1S/C19H29N5OS/c1-20-18-19(23-26-22-18)21-10-7-13-25-17-9-6-8-16(14-17)15-24-11-4-2-3-5-12-24/h6,8-9,14H,2-5,7,10-13,15H2,1H3,(H,20,22)(H,21,23). The highest BCUT2D eigenvalue weighted by Crippen LogP contribution is 2.19. The number of rotatable bonds is 9. The lowest BCUT2D eigenvalue weighted by Gasteiger charge is -2.20. The molecular formula is C19H29N5OS. The highest BCUT2D eigenvalue weighted by molar-refractivity contribution is 6.99. The van der Waals surface area contributed by atoms with Crippen LogP contribution in [-0.2, 0) is 6.54 Å². The summed E-state index contributed by atoms with van der Waals surface area (Å²) < 4.78 is 14.3. The average Bonchev–Trinajstić information content (AvgIpc) is 2.96. The number of anilines is 2. The van der Waals surface area contributed by atoms with Gasteiger partial charge in [-0.25, -0.2) is 0 Å². The number of hydrogen-bond acceptors (Lipinski definition) is 7. The zero-order valence-electron chi connectivity index (χ0n) is 15.5. The maximum absolute atomic E-state index is 5.93. The maximum Gasteiger partial charge on any atom is 0.184 e. The van der Waals surface area contributed by atoms with Crippen LogP contribution in [-0.4, -0.2) is 46.9 Å². The summed E-state index contributed by atoms with van der Waals surface area (Å²) in [7, 11) is 1.85. The largest absolute Gasteiger partial charge is 0.494 e. The lowest BCUT2D eigenvalue weighted by molar-refractivity contribution is 0.275. The predicted octanol–water partition coefficient (Wildman–Crippen LogP) is 3.84. The van der Waals surface area contributed by atoms with Gasteiger partial charge in [0, 0.05) is 20.1 Å². The summed E-state index contributed by atoms with van der Waals surface area (Å²) >= 11 is 1.21. The van der Waals surface area contributed by atoms with Crippen molar-refractivity contribution in [2.45, 2.75) is 38.6 Å². The lowest BCUT2D eigenvalue weighted by atomic mass is 10.2. The molecule has 2 N–H and O–H groups in total. The van der Waals surface area contributed by atoms with E-state index in [1.165, 1.54) is 56.1 Å². The van der Waals surface area contributed by atoms with Crippen molar-refractivity contribution < 1.29 is 4.74 Å². The van der Waals surface area contributed by atoms with Gasteiger partial charge < -0.3 is 15.4 Å². The summed E-state index contributed by atoms with van der Waals surface area (Å²) in [6, 6.07) is 8.53. The molecule has 1 aromatic heterocycles. The molecule has 0 bridgehead atoms. The lowest BCUT2D eigenvalue weighted by Crippen LogP contribution is -2.23. The molecule has 0 atom stereocenters. The fourth-order valence-electron chi connectivity index (χ4n) is 3.22. The summed E-state index contributed by atoms with van der Waals surface area (Å²) in [5, 5.41) is 6.31. The summed E-state index contributed by atoms with van der Waals surface area (Å²) in [6.07, 6.45) is 6.32.